The van der Waals surface area contributed by atoms with Gasteiger partial charge < -0.3 is 9.84 Å². The van der Waals surface area contributed by atoms with Crippen molar-refractivity contribution in [3.8, 4) is 17.6 Å². The number of thioether (sulfide) groups is 1. The lowest BCUT2D eigenvalue weighted by Gasteiger charge is -2.22. The quantitative estimate of drug-likeness (QED) is 0.456. The first-order chi connectivity index (χ1) is 15.5. The molecule has 33 heavy (non-hydrogen) atoms. The number of halogens is 1. The molecule has 1 aliphatic carbocycles. The minimum absolute atomic E-state index is 0.104. The highest BCUT2D eigenvalue weighted by molar-refractivity contribution is 8.14. The highest BCUT2D eigenvalue weighted by Gasteiger charge is 2.78. The van der Waals surface area contributed by atoms with Crippen molar-refractivity contribution in [1.29, 1.82) is 5.26 Å². The molecular weight excluding hydrogens is 441 g/mol. The third-order valence-corrected chi connectivity index (χ3v) is 7.09. The molecule has 2 aromatic rings. The van der Waals surface area contributed by atoms with Crippen LogP contribution in [0.4, 0.5) is 4.39 Å². The fraction of sp³-hybridized carbons (Fsp3) is 0.346. The largest absolute Gasteiger partial charge is 0.481 e. The van der Waals surface area contributed by atoms with Gasteiger partial charge in [-0.1, -0.05) is 69.8 Å². The molecule has 1 fully saturated rings. The second-order valence-electron chi connectivity index (χ2n) is 8.89. The normalized spacial score (nSPS) is 22.3. The Balaban J connectivity index is 1.98. The van der Waals surface area contributed by atoms with Crippen molar-refractivity contribution in [1.82, 2.24) is 0 Å². The Labute approximate surface area is 197 Å². The fourth-order valence-electron chi connectivity index (χ4n) is 4.57. The first-order valence-electron chi connectivity index (χ1n) is 10.6. The van der Waals surface area contributed by atoms with E-state index in [2.05, 4.69) is 6.07 Å². The van der Waals surface area contributed by atoms with Crippen LogP contribution in [0.2, 0.25) is 0 Å². The van der Waals surface area contributed by atoms with Gasteiger partial charge >= 0.3 is 5.97 Å². The molecule has 3 rings (SSSR count). The topological polar surface area (TPSA) is 87.4 Å². The van der Waals surface area contributed by atoms with Crippen LogP contribution in [0, 0.1) is 28.1 Å². The fourth-order valence-corrected chi connectivity index (χ4v) is 5.18. The van der Waals surface area contributed by atoms with Gasteiger partial charge in [-0.2, -0.15) is 5.26 Å². The minimum atomic E-state index is -1.59. The lowest BCUT2D eigenvalue weighted by molar-refractivity contribution is -0.145. The summed E-state index contributed by atoms with van der Waals surface area (Å²) in [5.74, 6) is -3.03. The zero-order chi connectivity index (χ0) is 24.4. The van der Waals surface area contributed by atoms with Crippen molar-refractivity contribution >= 4 is 22.8 Å². The molecule has 0 bridgehead atoms. The standard InChI is InChI=1S/C26H26FNO4S/c1-16(2)33-23(29)21(27)14-22-25(3,4)26(22,24(30)31)20(15-28)17-9-8-12-19(13-17)32-18-10-6-5-7-11-18/h5-14,16,20,22H,1-4H3,(H,30,31)/t20?,22-,26+/m0/s1. The number of hydrogen-bond donors (Lipinski definition) is 1. The van der Waals surface area contributed by atoms with Crippen LogP contribution >= 0.6 is 11.8 Å². The summed E-state index contributed by atoms with van der Waals surface area (Å²) in [5.41, 5.74) is -2.08. The van der Waals surface area contributed by atoms with E-state index in [1.54, 1.807) is 64.1 Å². The van der Waals surface area contributed by atoms with Crippen LogP contribution in [0.3, 0.4) is 0 Å². The summed E-state index contributed by atoms with van der Waals surface area (Å²) >= 11 is 0.843. The molecule has 172 valence electrons. The van der Waals surface area contributed by atoms with Crippen LogP contribution in [0.5, 0.6) is 11.5 Å². The lowest BCUT2D eigenvalue weighted by Crippen LogP contribution is -2.28. The Hall–Kier alpha value is -3.11. The number of aliphatic carboxylic acids is 1. The van der Waals surface area contributed by atoms with Gasteiger partial charge in [0.15, 0.2) is 5.83 Å². The number of nitrogens with zero attached hydrogens (tertiary/aromatic N) is 1. The van der Waals surface area contributed by atoms with E-state index in [0.29, 0.717) is 17.1 Å². The van der Waals surface area contributed by atoms with Gasteiger partial charge in [0, 0.05) is 11.2 Å². The maximum Gasteiger partial charge on any atom is 0.312 e. The van der Waals surface area contributed by atoms with E-state index in [1.165, 1.54) is 0 Å². The molecule has 0 saturated heterocycles. The van der Waals surface area contributed by atoms with E-state index in [1.807, 2.05) is 18.2 Å². The van der Waals surface area contributed by atoms with Gasteiger partial charge in [-0.05, 0) is 41.3 Å². The summed E-state index contributed by atoms with van der Waals surface area (Å²) in [4.78, 5) is 24.7. The van der Waals surface area contributed by atoms with E-state index in [-0.39, 0.29) is 5.25 Å². The van der Waals surface area contributed by atoms with E-state index in [4.69, 9.17) is 4.74 Å². The number of allylic oxidation sites excluding steroid dienone is 1. The number of carboxylic acids is 1. The maximum atomic E-state index is 14.7. The summed E-state index contributed by atoms with van der Waals surface area (Å²) in [6.45, 7) is 6.91. The molecule has 0 aliphatic heterocycles. The van der Waals surface area contributed by atoms with Gasteiger partial charge in [0.2, 0.25) is 5.12 Å². The van der Waals surface area contributed by atoms with Gasteiger partial charge in [-0.25, -0.2) is 4.39 Å². The Kier molecular flexibility index (Phi) is 6.99. The molecule has 0 spiro atoms. The number of carbonyl (C=O) groups is 2. The second kappa shape index (κ2) is 9.40. The average Bonchev–Trinajstić information content (AvgIpc) is 3.24. The third kappa shape index (κ3) is 4.53. The number of rotatable bonds is 8. The van der Waals surface area contributed by atoms with Crippen LogP contribution < -0.4 is 4.74 Å². The van der Waals surface area contributed by atoms with Crippen LogP contribution in [0.15, 0.2) is 66.5 Å². The number of carboxylic acid groups (broad SMARTS) is 1. The number of para-hydroxylation sites is 1. The van der Waals surface area contributed by atoms with Gasteiger partial charge in [-0.3, -0.25) is 9.59 Å². The molecule has 0 amide bonds. The van der Waals surface area contributed by atoms with E-state index in [9.17, 15) is 24.3 Å². The molecular formula is C26H26FNO4S. The number of ether oxygens (including phenoxy) is 1. The average molecular weight is 468 g/mol. The Morgan fingerprint density at radius 3 is 2.36 bits per heavy atom. The minimum Gasteiger partial charge on any atom is -0.481 e. The van der Waals surface area contributed by atoms with Crippen LogP contribution in [-0.2, 0) is 9.59 Å². The Bertz CT molecular complexity index is 1120. The van der Waals surface area contributed by atoms with Crippen molar-refractivity contribution < 1.29 is 23.8 Å². The van der Waals surface area contributed by atoms with Crippen LogP contribution in [0.1, 0.15) is 39.2 Å². The van der Waals surface area contributed by atoms with Crippen molar-refractivity contribution in [2.75, 3.05) is 0 Å². The molecule has 0 aromatic heterocycles. The van der Waals surface area contributed by atoms with Crippen molar-refractivity contribution in [3.05, 3.63) is 72.1 Å². The molecule has 1 unspecified atom stereocenters. The lowest BCUT2D eigenvalue weighted by atomic mass is 9.78. The first-order valence-corrected chi connectivity index (χ1v) is 11.5. The molecule has 0 radical (unpaired) electrons. The van der Waals surface area contributed by atoms with Crippen LogP contribution in [0.25, 0.3) is 0 Å². The van der Waals surface area contributed by atoms with Crippen molar-refractivity contribution in [3.63, 3.8) is 0 Å². The number of benzene rings is 2. The Morgan fingerprint density at radius 1 is 1.15 bits per heavy atom. The zero-order valence-electron chi connectivity index (χ0n) is 18.9. The third-order valence-electron chi connectivity index (χ3n) is 6.21. The van der Waals surface area contributed by atoms with Crippen molar-refractivity contribution in [2.24, 2.45) is 16.7 Å². The monoisotopic (exact) mass is 467 g/mol. The SMILES string of the molecule is CC(C)SC(=O)C(F)=C[C@H]1C(C)(C)[C@]1(C(=O)O)C(C#N)c1cccc(Oc2ccccc2)c1. The highest BCUT2D eigenvalue weighted by Crippen LogP contribution is 2.75. The summed E-state index contributed by atoms with van der Waals surface area (Å²) in [7, 11) is 0. The predicted molar refractivity (Wildman–Crippen MR) is 126 cm³/mol. The van der Waals surface area contributed by atoms with E-state index < -0.39 is 39.6 Å². The van der Waals surface area contributed by atoms with Gasteiger partial charge in [0.05, 0.1) is 12.0 Å². The van der Waals surface area contributed by atoms with Crippen molar-refractivity contribution in [2.45, 2.75) is 38.9 Å². The predicted octanol–water partition coefficient (Wildman–Crippen LogP) is 6.33. The first kappa shape index (κ1) is 24.5. The molecule has 0 heterocycles. The second-order valence-corrected chi connectivity index (χ2v) is 10.4. The molecule has 3 atom stereocenters. The smallest absolute Gasteiger partial charge is 0.312 e. The molecule has 1 aliphatic rings. The van der Waals surface area contributed by atoms with Gasteiger partial charge in [-0.15, -0.1) is 0 Å². The summed E-state index contributed by atoms with van der Waals surface area (Å²) < 4.78 is 20.5. The zero-order valence-corrected chi connectivity index (χ0v) is 19.7. The molecule has 2 aromatic carbocycles. The molecule has 1 saturated carbocycles. The summed E-state index contributed by atoms with van der Waals surface area (Å²) in [6, 6.07) is 17.9. The van der Waals surface area contributed by atoms with E-state index >= 15 is 0 Å². The number of hydrogen-bond acceptors (Lipinski definition) is 5. The summed E-state index contributed by atoms with van der Waals surface area (Å²) in [5, 5.41) is 19.5. The molecule has 5 nitrogen and oxygen atoms in total. The number of carbonyl (C=O) groups excluding carboxylic acids is 1. The Morgan fingerprint density at radius 2 is 1.79 bits per heavy atom. The summed E-state index contributed by atoms with van der Waals surface area (Å²) in [6.07, 6.45) is 1.08. The van der Waals surface area contributed by atoms with Gasteiger partial charge in [0.25, 0.3) is 0 Å². The molecule has 7 heteroatoms. The maximum absolute atomic E-state index is 14.7. The highest BCUT2D eigenvalue weighted by atomic mass is 32.2. The number of nitriles is 1. The molecule has 1 N–H and O–H groups in total. The van der Waals surface area contributed by atoms with Gasteiger partial charge in [0.1, 0.15) is 16.9 Å². The van der Waals surface area contributed by atoms with E-state index in [0.717, 1.165) is 17.8 Å². The van der Waals surface area contributed by atoms with Crippen LogP contribution in [-0.4, -0.2) is 21.4 Å².